The summed E-state index contributed by atoms with van der Waals surface area (Å²) in [6.07, 6.45) is 2.05. The van der Waals surface area contributed by atoms with Crippen LogP contribution in [0.2, 0.25) is 0 Å². The molecule has 1 rings (SSSR count). The fourth-order valence-corrected chi connectivity index (χ4v) is 1.93. The van der Waals surface area contributed by atoms with Gasteiger partial charge in [-0.3, -0.25) is 0 Å². The summed E-state index contributed by atoms with van der Waals surface area (Å²) in [5.74, 6) is 1.33. The highest BCUT2D eigenvalue weighted by molar-refractivity contribution is 7.71. The molecule has 0 aliphatic heterocycles. The Bertz CT molecular complexity index is 393. The lowest BCUT2D eigenvalue weighted by atomic mass is 9.91. The molecule has 0 amide bonds. The van der Waals surface area contributed by atoms with E-state index < -0.39 is 0 Å². The average molecular weight is 240 g/mol. The minimum Gasteiger partial charge on any atom is -0.337 e. The number of H-pyrrole nitrogens is 1. The van der Waals surface area contributed by atoms with Crippen molar-refractivity contribution in [1.82, 2.24) is 9.55 Å². The maximum absolute atomic E-state index is 5.35. The number of aromatic nitrogens is 2. The van der Waals surface area contributed by atoms with Crippen LogP contribution in [0, 0.1) is 16.6 Å². The van der Waals surface area contributed by atoms with Crippen LogP contribution in [0.15, 0.2) is 6.20 Å². The van der Waals surface area contributed by atoms with Gasteiger partial charge in [0.15, 0.2) is 4.77 Å². The molecule has 0 saturated heterocycles. The van der Waals surface area contributed by atoms with E-state index >= 15 is 0 Å². The summed E-state index contributed by atoms with van der Waals surface area (Å²) in [7, 11) is 0. The Morgan fingerprint density at radius 2 is 1.88 bits per heavy atom. The van der Waals surface area contributed by atoms with Crippen molar-refractivity contribution >= 4 is 12.2 Å². The van der Waals surface area contributed by atoms with Gasteiger partial charge in [0.2, 0.25) is 0 Å². The lowest BCUT2D eigenvalue weighted by molar-refractivity contribution is 0.349. The largest absolute Gasteiger partial charge is 0.337 e. The Kier molecular flexibility index (Phi) is 4.00. The molecule has 92 valence electrons. The predicted octanol–water partition coefficient (Wildman–Crippen LogP) is 4.14. The molecule has 1 N–H and O–H groups in total. The van der Waals surface area contributed by atoms with E-state index in [2.05, 4.69) is 57.3 Å². The van der Waals surface area contributed by atoms with Crippen LogP contribution >= 0.6 is 12.2 Å². The molecule has 2 nitrogen and oxygen atoms in total. The van der Waals surface area contributed by atoms with Crippen molar-refractivity contribution in [1.29, 1.82) is 0 Å². The molecule has 1 aromatic heterocycles. The van der Waals surface area contributed by atoms with Crippen LogP contribution in [0.4, 0.5) is 0 Å². The van der Waals surface area contributed by atoms with Crippen molar-refractivity contribution in [2.45, 2.75) is 53.5 Å². The van der Waals surface area contributed by atoms with Gasteiger partial charge in [0.1, 0.15) is 0 Å². The standard InChI is InChI=1S/C13H24N2S/c1-9(2)10(3)8-15-11(13(4,5)6)7-14-12(15)16/h7,9-10H,8H2,1-6H3,(H,14,16). The van der Waals surface area contributed by atoms with Gasteiger partial charge in [-0.2, -0.15) is 0 Å². The van der Waals surface area contributed by atoms with Gasteiger partial charge in [0.05, 0.1) is 0 Å². The first-order valence-electron chi connectivity index (χ1n) is 6.02. The Morgan fingerprint density at radius 3 is 2.31 bits per heavy atom. The van der Waals surface area contributed by atoms with E-state index in [1.54, 1.807) is 0 Å². The number of aromatic amines is 1. The van der Waals surface area contributed by atoms with Gasteiger partial charge < -0.3 is 9.55 Å². The normalized spacial score (nSPS) is 14.4. The Balaban J connectivity index is 3.04. The van der Waals surface area contributed by atoms with Gasteiger partial charge in [-0.1, -0.05) is 41.5 Å². The Morgan fingerprint density at radius 1 is 1.31 bits per heavy atom. The molecule has 0 aliphatic rings. The van der Waals surface area contributed by atoms with Crippen molar-refractivity contribution in [2.24, 2.45) is 11.8 Å². The molecule has 0 saturated carbocycles. The Hall–Kier alpha value is -0.570. The van der Waals surface area contributed by atoms with Gasteiger partial charge in [-0.05, 0) is 24.1 Å². The molecule has 16 heavy (non-hydrogen) atoms. The first-order chi connectivity index (χ1) is 7.23. The summed E-state index contributed by atoms with van der Waals surface area (Å²) < 4.78 is 3.09. The van der Waals surface area contributed by atoms with E-state index in [4.69, 9.17) is 12.2 Å². The first-order valence-corrected chi connectivity index (χ1v) is 6.43. The third-order valence-corrected chi connectivity index (χ3v) is 3.58. The van der Waals surface area contributed by atoms with Crippen LogP contribution in [0.25, 0.3) is 0 Å². The fraction of sp³-hybridized carbons (Fsp3) is 0.769. The molecule has 1 aromatic rings. The number of imidazole rings is 1. The van der Waals surface area contributed by atoms with Crippen LogP contribution < -0.4 is 0 Å². The molecular weight excluding hydrogens is 216 g/mol. The molecule has 1 atom stereocenters. The Labute approximate surface area is 104 Å². The zero-order chi connectivity index (χ0) is 12.5. The second-order valence-corrected chi connectivity index (χ2v) is 6.45. The maximum atomic E-state index is 5.35. The molecule has 0 fully saturated rings. The SMILES string of the molecule is CC(C)C(C)Cn1c(C(C)(C)C)c[nH]c1=S. The van der Waals surface area contributed by atoms with Gasteiger partial charge in [-0.15, -0.1) is 0 Å². The molecule has 0 aliphatic carbocycles. The highest BCUT2D eigenvalue weighted by Gasteiger charge is 2.20. The number of hydrogen-bond donors (Lipinski definition) is 1. The maximum Gasteiger partial charge on any atom is 0.177 e. The summed E-state index contributed by atoms with van der Waals surface area (Å²) >= 11 is 5.35. The third-order valence-electron chi connectivity index (χ3n) is 3.25. The smallest absolute Gasteiger partial charge is 0.177 e. The molecule has 1 heterocycles. The number of rotatable bonds is 3. The lowest BCUT2D eigenvalue weighted by Gasteiger charge is -2.24. The van der Waals surface area contributed by atoms with E-state index in [1.807, 2.05) is 0 Å². The van der Waals surface area contributed by atoms with E-state index in [0.717, 1.165) is 11.3 Å². The van der Waals surface area contributed by atoms with Crippen LogP contribution in [-0.4, -0.2) is 9.55 Å². The van der Waals surface area contributed by atoms with Gasteiger partial charge in [0.25, 0.3) is 0 Å². The number of nitrogens with one attached hydrogen (secondary N) is 1. The highest BCUT2D eigenvalue weighted by Crippen LogP contribution is 2.24. The van der Waals surface area contributed by atoms with E-state index in [0.29, 0.717) is 11.8 Å². The zero-order valence-electron chi connectivity index (χ0n) is 11.3. The van der Waals surface area contributed by atoms with Crippen LogP contribution in [0.3, 0.4) is 0 Å². The van der Waals surface area contributed by atoms with Crippen molar-refractivity contribution in [3.63, 3.8) is 0 Å². The van der Waals surface area contributed by atoms with E-state index in [-0.39, 0.29) is 5.41 Å². The van der Waals surface area contributed by atoms with Crippen molar-refractivity contribution in [3.05, 3.63) is 16.7 Å². The topological polar surface area (TPSA) is 20.7 Å². The molecule has 0 aromatic carbocycles. The van der Waals surface area contributed by atoms with E-state index in [9.17, 15) is 0 Å². The van der Waals surface area contributed by atoms with Crippen LogP contribution in [0.1, 0.15) is 47.2 Å². The summed E-state index contributed by atoms with van der Waals surface area (Å²) in [4.78, 5) is 3.17. The van der Waals surface area contributed by atoms with Crippen LogP contribution in [-0.2, 0) is 12.0 Å². The molecule has 1 unspecified atom stereocenters. The monoisotopic (exact) mass is 240 g/mol. The van der Waals surface area contributed by atoms with Crippen molar-refractivity contribution < 1.29 is 0 Å². The number of hydrogen-bond acceptors (Lipinski definition) is 1. The second-order valence-electron chi connectivity index (χ2n) is 6.06. The number of nitrogens with zero attached hydrogens (tertiary/aromatic N) is 1. The van der Waals surface area contributed by atoms with Gasteiger partial charge in [-0.25, -0.2) is 0 Å². The fourth-order valence-electron chi connectivity index (χ4n) is 1.70. The molecule has 0 spiro atoms. The summed E-state index contributed by atoms with van der Waals surface area (Å²) in [5.41, 5.74) is 1.44. The molecule has 0 bridgehead atoms. The third kappa shape index (κ3) is 2.97. The predicted molar refractivity (Wildman–Crippen MR) is 72.3 cm³/mol. The highest BCUT2D eigenvalue weighted by atomic mass is 32.1. The lowest BCUT2D eigenvalue weighted by Crippen LogP contribution is -2.21. The average Bonchev–Trinajstić information content (AvgIpc) is 2.47. The van der Waals surface area contributed by atoms with Crippen molar-refractivity contribution in [2.75, 3.05) is 0 Å². The second kappa shape index (κ2) is 4.74. The zero-order valence-corrected chi connectivity index (χ0v) is 12.1. The van der Waals surface area contributed by atoms with Gasteiger partial charge >= 0.3 is 0 Å². The minimum absolute atomic E-state index is 0.143. The molecule has 3 heteroatoms. The molecular formula is C13H24N2S. The van der Waals surface area contributed by atoms with Crippen molar-refractivity contribution in [3.8, 4) is 0 Å². The quantitative estimate of drug-likeness (QED) is 0.788. The van der Waals surface area contributed by atoms with E-state index in [1.165, 1.54) is 5.69 Å². The summed E-state index contributed by atoms with van der Waals surface area (Å²) in [5, 5.41) is 0. The minimum atomic E-state index is 0.143. The summed E-state index contributed by atoms with van der Waals surface area (Å²) in [6.45, 7) is 14.5. The van der Waals surface area contributed by atoms with Gasteiger partial charge in [0, 0.05) is 23.9 Å². The molecule has 0 radical (unpaired) electrons. The first kappa shape index (κ1) is 13.5. The van der Waals surface area contributed by atoms with Crippen LogP contribution in [0.5, 0.6) is 0 Å². The summed E-state index contributed by atoms with van der Waals surface area (Å²) in [6, 6.07) is 0.